The van der Waals surface area contributed by atoms with Crippen molar-refractivity contribution in [2.45, 2.75) is 63.6 Å². The largest absolute Gasteiger partial charge is 0.490 e. The fraction of sp³-hybridized carbons (Fsp3) is 0.688. The first-order chi connectivity index (χ1) is 12.9. The summed E-state index contributed by atoms with van der Waals surface area (Å²) in [6.07, 6.45) is -2.31. The summed E-state index contributed by atoms with van der Waals surface area (Å²) in [4.78, 5) is 31.6. The van der Waals surface area contributed by atoms with Crippen LogP contribution in [0.2, 0.25) is 0 Å². The van der Waals surface area contributed by atoms with E-state index < -0.39 is 36.3 Å². The smallest absolute Gasteiger partial charge is 0.478 e. The molecule has 7 N–H and O–H groups in total. The monoisotopic (exact) mass is 413 g/mol. The second-order valence-electron chi connectivity index (χ2n) is 6.00. The van der Waals surface area contributed by atoms with E-state index >= 15 is 0 Å². The van der Waals surface area contributed by atoms with Gasteiger partial charge in [0, 0.05) is 11.6 Å². The third-order valence-corrected chi connectivity index (χ3v) is 3.93. The van der Waals surface area contributed by atoms with Crippen LogP contribution in [0.4, 0.5) is 13.2 Å². The molecule has 1 aliphatic rings. The molecular formula is C16H26F3N3O6. The lowest BCUT2D eigenvalue weighted by Crippen LogP contribution is -2.58. The van der Waals surface area contributed by atoms with Gasteiger partial charge < -0.3 is 31.7 Å². The number of hydrogen-bond acceptors (Lipinski definition) is 6. The van der Waals surface area contributed by atoms with Gasteiger partial charge in [0.1, 0.15) is 0 Å². The highest BCUT2D eigenvalue weighted by Crippen LogP contribution is 2.23. The highest BCUT2D eigenvalue weighted by Gasteiger charge is 2.38. The summed E-state index contributed by atoms with van der Waals surface area (Å²) in [5.74, 6) is -4.10. The standard InChI is InChI=1S/C14H25N3O4.C2HF3O2/c1-3-9(4-2)21-11-6-8(14(19)20)5-10(16)13(11)17-12(18)7-15;3-2(4,5)1(6)7/h6,9-11,13H,3-5,7,15-16H2,1-2H3,(H,17,18)(H,19,20);(H,6,7)/t10-,11+,13+;/m0./s1. The number of rotatable bonds is 7. The molecule has 0 saturated carbocycles. The summed E-state index contributed by atoms with van der Waals surface area (Å²) in [6.45, 7) is 3.84. The van der Waals surface area contributed by atoms with Crippen molar-refractivity contribution in [3.63, 3.8) is 0 Å². The fourth-order valence-electron chi connectivity index (χ4n) is 2.41. The number of nitrogens with two attached hydrogens (primary N) is 2. The number of amides is 1. The molecule has 3 atom stereocenters. The summed E-state index contributed by atoms with van der Waals surface area (Å²) >= 11 is 0. The molecule has 1 rings (SSSR count). The van der Waals surface area contributed by atoms with Crippen molar-refractivity contribution in [2.24, 2.45) is 11.5 Å². The molecule has 0 heterocycles. The maximum absolute atomic E-state index is 11.5. The molecule has 0 bridgehead atoms. The zero-order chi connectivity index (χ0) is 22.1. The summed E-state index contributed by atoms with van der Waals surface area (Å²) in [5.41, 5.74) is 11.5. The van der Waals surface area contributed by atoms with Gasteiger partial charge in [0.25, 0.3) is 0 Å². The fourth-order valence-corrected chi connectivity index (χ4v) is 2.41. The van der Waals surface area contributed by atoms with Crippen LogP contribution in [0.15, 0.2) is 11.6 Å². The summed E-state index contributed by atoms with van der Waals surface area (Å²) in [5, 5.41) is 19.0. The highest BCUT2D eigenvalue weighted by molar-refractivity contribution is 5.87. The van der Waals surface area contributed by atoms with Crippen molar-refractivity contribution < 1.29 is 42.5 Å². The Balaban J connectivity index is 0.000000887. The average Bonchev–Trinajstić information content (AvgIpc) is 2.61. The molecule has 28 heavy (non-hydrogen) atoms. The Labute approximate surface area is 159 Å². The van der Waals surface area contributed by atoms with E-state index in [0.717, 1.165) is 12.8 Å². The molecule has 162 valence electrons. The van der Waals surface area contributed by atoms with Gasteiger partial charge in [-0.2, -0.15) is 13.2 Å². The summed E-state index contributed by atoms with van der Waals surface area (Å²) < 4.78 is 37.7. The predicted molar refractivity (Wildman–Crippen MR) is 92.2 cm³/mol. The number of alkyl halides is 3. The Bertz CT molecular complexity index is 578. The van der Waals surface area contributed by atoms with Crippen LogP contribution >= 0.6 is 0 Å². The minimum absolute atomic E-state index is 0.0103. The Kier molecular flexibility index (Phi) is 10.7. The predicted octanol–water partition coefficient (Wildman–Crippen LogP) is 0.379. The van der Waals surface area contributed by atoms with E-state index in [1.54, 1.807) is 6.08 Å². The van der Waals surface area contributed by atoms with E-state index in [2.05, 4.69) is 5.32 Å². The Morgan fingerprint density at radius 3 is 2.14 bits per heavy atom. The van der Waals surface area contributed by atoms with Crippen molar-refractivity contribution >= 4 is 17.8 Å². The molecule has 0 radical (unpaired) electrons. The van der Waals surface area contributed by atoms with Gasteiger partial charge in [0.05, 0.1) is 24.8 Å². The number of carbonyl (C=O) groups excluding carboxylic acids is 1. The van der Waals surface area contributed by atoms with Gasteiger partial charge in [-0.15, -0.1) is 0 Å². The molecule has 0 saturated heterocycles. The SMILES string of the molecule is CCC(CC)O[C@@H]1C=C(C(=O)O)C[C@H](N)[C@H]1NC(=O)CN.O=C(O)C(F)(F)F. The molecule has 12 heteroatoms. The topological polar surface area (TPSA) is 165 Å². The minimum Gasteiger partial charge on any atom is -0.478 e. The Hall–Kier alpha value is -2.18. The lowest BCUT2D eigenvalue weighted by molar-refractivity contribution is -0.192. The molecule has 0 fully saturated rings. The number of carboxylic acids is 2. The van der Waals surface area contributed by atoms with Crippen molar-refractivity contribution in [1.82, 2.24) is 5.32 Å². The minimum atomic E-state index is -5.08. The number of ether oxygens (including phenoxy) is 1. The maximum Gasteiger partial charge on any atom is 0.490 e. The third kappa shape index (κ3) is 8.67. The van der Waals surface area contributed by atoms with Gasteiger partial charge in [0.15, 0.2) is 0 Å². The number of hydrogen-bond donors (Lipinski definition) is 5. The zero-order valence-corrected chi connectivity index (χ0v) is 15.5. The van der Waals surface area contributed by atoms with E-state index in [-0.39, 0.29) is 30.5 Å². The van der Waals surface area contributed by atoms with E-state index in [0.29, 0.717) is 0 Å². The van der Waals surface area contributed by atoms with Crippen LogP contribution < -0.4 is 16.8 Å². The molecule has 1 amide bonds. The lowest BCUT2D eigenvalue weighted by Gasteiger charge is -2.36. The molecule has 0 aromatic rings. The molecule has 0 spiro atoms. The lowest BCUT2D eigenvalue weighted by atomic mass is 9.88. The van der Waals surface area contributed by atoms with Gasteiger partial charge in [-0.05, 0) is 25.3 Å². The van der Waals surface area contributed by atoms with Gasteiger partial charge in [-0.1, -0.05) is 13.8 Å². The van der Waals surface area contributed by atoms with Crippen molar-refractivity contribution in [3.8, 4) is 0 Å². The highest BCUT2D eigenvalue weighted by atomic mass is 19.4. The normalized spacial score (nSPS) is 22.0. The van der Waals surface area contributed by atoms with E-state index in [9.17, 15) is 22.8 Å². The molecule has 0 aliphatic heterocycles. The van der Waals surface area contributed by atoms with Crippen LogP contribution in [0.1, 0.15) is 33.1 Å². The van der Waals surface area contributed by atoms with Crippen LogP contribution in [0.5, 0.6) is 0 Å². The molecular weight excluding hydrogens is 387 g/mol. The van der Waals surface area contributed by atoms with Gasteiger partial charge in [0.2, 0.25) is 5.91 Å². The first-order valence-corrected chi connectivity index (χ1v) is 8.51. The maximum atomic E-state index is 11.5. The molecule has 0 aromatic heterocycles. The van der Waals surface area contributed by atoms with Crippen LogP contribution in [0.25, 0.3) is 0 Å². The van der Waals surface area contributed by atoms with E-state index in [1.165, 1.54) is 0 Å². The van der Waals surface area contributed by atoms with Crippen LogP contribution in [0.3, 0.4) is 0 Å². The van der Waals surface area contributed by atoms with Crippen molar-refractivity contribution in [1.29, 1.82) is 0 Å². The second kappa shape index (κ2) is 11.6. The molecule has 0 aromatic carbocycles. The summed E-state index contributed by atoms with van der Waals surface area (Å²) in [7, 11) is 0. The van der Waals surface area contributed by atoms with Gasteiger partial charge in [-0.3, -0.25) is 4.79 Å². The van der Waals surface area contributed by atoms with Crippen molar-refractivity contribution in [3.05, 3.63) is 11.6 Å². The van der Waals surface area contributed by atoms with Crippen molar-refractivity contribution in [2.75, 3.05) is 6.54 Å². The molecule has 9 nitrogen and oxygen atoms in total. The van der Waals surface area contributed by atoms with E-state index in [1.807, 2.05) is 13.8 Å². The number of halogens is 3. The number of nitrogens with one attached hydrogen (secondary N) is 1. The molecule has 1 aliphatic carbocycles. The Morgan fingerprint density at radius 2 is 1.79 bits per heavy atom. The third-order valence-electron chi connectivity index (χ3n) is 3.93. The van der Waals surface area contributed by atoms with Gasteiger partial charge >= 0.3 is 18.1 Å². The first-order valence-electron chi connectivity index (χ1n) is 8.51. The van der Waals surface area contributed by atoms with Crippen LogP contribution in [-0.4, -0.2) is 65.1 Å². The van der Waals surface area contributed by atoms with Crippen LogP contribution in [-0.2, 0) is 19.1 Å². The number of carbonyl (C=O) groups is 3. The first kappa shape index (κ1) is 25.8. The Morgan fingerprint density at radius 1 is 1.29 bits per heavy atom. The molecule has 0 unspecified atom stereocenters. The van der Waals surface area contributed by atoms with Crippen LogP contribution in [0, 0.1) is 0 Å². The number of carboxylic acid groups (broad SMARTS) is 2. The summed E-state index contributed by atoms with van der Waals surface area (Å²) in [6, 6.07) is -0.985. The average molecular weight is 413 g/mol. The second-order valence-corrected chi connectivity index (χ2v) is 6.00. The van der Waals surface area contributed by atoms with E-state index in [4.69, 9.17) is 31.2 Å². The number of aliphatic carboxylic acids is 2. The zero-order valence-electron chi connectivity index (χ0n) is 15.5. The van der Waals surface area contributed by atoms with Gasteiger partial charge in [-0.25, -0.2) is 9.59 Å². The quantitative estimate of drug-likeness (QED) is 0.399.